The third kappa shape index (κ3) is 5.22. The van der Waals surface area contributed by atoms with Gasteiger partial charge in [0.05, 0.1) is 5.57 Å². The number of amidine groups is 2. The summed E-state index contributed by atoms with van der Waals surface area (Å²) in [5, 5.41) is 16.0. The van der Waals surface area contributed by atoms with Crippen molar-refractivity contribution in [1.82, 2.24) is 5.01 Å². The van der Waals surface area contributed by atoms with Crippen molar-refractivity contribution in [3.05, 3.63) is 65.2 Å². The Bertz CT molecular complexity index is 1170. The van der Waals surface area contributed by atoms with Gasteiger partial charge in [-0.2, -0.15) is 15.1 Å². The van der Waals surface area contributed by atoms with Gasteiger partial charge in [0.2, 0.25) is 5.17 Å². The van der Waals surface area contributed by atoms with Gasteiger partial charge in [0.1, 0.15) is 29.8 Å². The number of carbonyl (C=O) groups excluding carboxylic acids is 1. The highest BCUT2D eigenvalue weighted by Gasteiger charge is 2.37. The number of fused-ring (bicyclic) bond motifs is 1. The van der Waals surface area contributed by atoms with Crippen LogP contribution >= 0.6 is 11.8 Å². The average Bonchev–Trinajstić information content (AvgIpc) is 3.26. The highest BCUT2D eigenvalue weighted by molar-refractivity contribution is 8.27. The molecule has 0 fully saturated rings. The fourth-order valence-corrected chi connectivity index (χ4v) is 4.82. The van der Waals surface area contributed by atoms with E-state index in [1.54, 1.807) is 6.08 Å². The number of carbonyl (C=O) groups is 1. The Labute approximate surface area is 204 Å². The van der Waals surface area contributed by atoms with Gasteiger partial charge >= 0.3 is 0 Å². The fraction of sp³-hybridized carbons (Fsp3) is 0.308. The van der Waals surface area contributed by atoms with Crippen molar-refractivity contribution >= 4 is 39.8 Å². The molecule has 0 bridgehead atoms. The lowest BCUT2D eigenvalue weighted by Gasteiger charge is -2.20. The van der Waals surface area contributed by atoms with Gasteiger partial charge in [-0.3, -0.25) is 10.2 Å². The Kier molecular flexibility index (Phi) is 7.47. The second kappa shape index (κ2) is 10.7. The van der Waals surface area contributed by atoms with E-state index >= 15 is 0 Å². The van der Waals surface area contributed by atoms with Crippen molar-refractivity contribution in [2.45, 2.75) is 33.6 Å². The van der Waals surface area contributed by atoms with Crippen LogP contribution in [0.1, 0.15) is 37.8 Å². The van der Waals surface area contributed by atoms with E-state index in [2.05, 4.69) is 23.9 Å². The lowest BCUT2D eigenvalue weighted by Crippen LogP contribution is -2.35. The quantitative estimate of drug-likeness (QED) is 0.381. The maximum atomic E-state index is 12.6. The molecule has 8 heteroatoms. The molecule has 2 aromatic carbocycles. The molecule has 34 heavy (non-hydrogen) atoms. The summed E-state index contributed by atoms with van der Waals surface area (Å²) >= 11 is 1.39. The summed E-state index contributed by atoms with van der Waals surface area (Å²) in [5.74, 6) is 1.50. The Balaban J connectivity index is 1.38. The number of hydrazone groups is 1. The van der Waals surface area contributed by atoms with Gasteiger partial charge in [-0.05, 0) is 66.9 Å². The highest BCUT2D eigenvalue weighted by Crippen LogP contribution is 2.33. The molecule has 0 spiro atoms. The zero-order valence-electron chi connectivity index (χ0n) is 19.6. The van der Waals surface area contributed by atoms with Crippen LogP contribution in [0.3, 0.4) is 0 Å². The summed E-state index contributed by atoms with van der Waals surface area (Å²) in [6.45, 7) is 7.09. The molecule has 2 aromatic rings. The first kappa shape index (κ1) is 23.8. The van der Waals surface area contributed by atoms with Crippen LogP contribution in [0.25, 0.3) is 6.08 Å². The van der Waals surface area contributed by atoms with Gasteiger partial charge in [0.15, 0.2) is 5.84 Å². The number of hydrogen-bond donors (Lipinski definition) is 1. The number of amides is 1. The molecule has 176 valence electrons. The first-order valence-corrected chi connectivity index (χ1v) is 12.2. The Hall–Kier alpha value is -3.39. The summed E-state index contributed by atoms with van der Waals surface area (Å²) in [6.07, 6.45) is 3.59. The van der Waals surface area contributed by atoms with Crippen LogP contribution in [0.15, 0.2) is 64.2 Å². The molecule has 4 rings (SSSR count). The zero-order chi connectivity index (χ0) is 24.1. The van der Waals surface area contributed by atoms with E-state index < -0.39 is 5.91 Å². The Morgan fingerprint density at radius 1 is 1.06 bits per heavy atom. The summed E-state index contributed by atoms with van der Waals surface area (Å²) in [4.78, 5) is 16.8. The molecular weight excluding hydrogens is 448 g/mol. The number of nitrogens with one attached hydrogen (secondary N) is 1. The molecule has 0 unspecified atom stereocenters. The van der Waals surface area contributed by atoms with E-state index in [1.807, 2.05) is 55.5 Å². The molecule has 0 aromatic heterocycles. The number of thioether (sulfide) groups is 1. The van der Waals surface area contributed by atoms with E-state index in [4.69, 9.17) is 14.9 Å². The summed E-state index contributed by atoms with van der Waals surface area (Å²) in [5.41, 5.74) is 2.09. The lowest BCUT2D eigenvalue weighted by molar-refractivity contribution is -0.114. The lowest BCUT2D eigenvalue weighted by atomic mass is 10.1. The average molecular weight is 477 g/mol. The van der Waals surface area contributed by atoms with Crippen LogP contribution in [0.5, 0.6) is 11.5 Å². The number of rotatable bonds is 9. The normalized spacial score (nSPS) is 16.6. The second-order valence-corrected chi connectivity index (χ2v) is 8.99. The number of aryl methyl sites for hydroxylation is 1. The molecule has 0 aliphatic carbocycles. The predicted molar refractivity (Wildman–Crippen MR) is 138 cm³/mol. The van der Waals surface area contributed by atoms with Crippen molar-refractivity contribution in [3.8, 4) is 11.5 Å². The maximum Gasteiger partial charge on any atom is 0.283 e. The van der Waals surface area contributed by atoms with Crippen molar-refractivity contribution in [2.24, 2.45) is 16.0 Å². The third-order valence-electron chi connectivity index (χ3n) is 5.70. The van der Waals surface area contributed by atoms with Gasteiger partial charge in [0, 0.05) is 5.92 Å². The van der Waals surface area contributed by atoms with Crippen molar-refractivity contribution in [3.63, 3.8) is 0 Å². The van der Waals surface area contributed by atoms with Gasteiger partial charge in [-0.1, -0.05) is 44.2 Å². The van der Waals surface area contributed by atoms with Crippen LogP contribution in [0, 0.1) is 18.3 Å². The fourth-order valence-electron chi connectivity index (χ4n) is 3.67. The molecule has 2 heterocycles. The Morgan fingerprint density at radius 3 is 2.47 bits per heavy atom. The van der Waals surface area contributed by atoms with Crippen LogP contribution in [-0.2, 0) is 4.79 Å². The summed E-state index contributed by atoms with van der Waals surface area (Å²) < 4.78 is 11.5. The number of benzene rings is 2. The van der Waals surface area contributed by atoms with E-state index in [9.17, 15) is 4.79 Å². The molecular formula is C26H28N4O3S. The van der Waals surface area contributed by atoms with Gasteiger partial charge < -0.3 is 9.47 Å². The first-order valence-electron chi connectivity index (χ1n) is 11.4. The monoisotopic (exact) mass is 476 g/mol. The number of hydrogen-bond acceptors (Lipinski definition) is 6. The molecule has 0 atom stereocenters. The first-order chi connectivity index (χ1) is 16.5. The molecule has 0 saturated heterocycles. The number of aliphatic imine (C=N–C) groups is 1. The molecule has 1 amide bonds. The van der Waals surface area contributed by atoms with Gasteiger partial charge in [-0.25, -0.2) is 0 Å². The number of nitrogens with zero attached hydrogens (tertiary/aromatic N) is 3. The smallest absolute Gasteiger partial charge is 0.283 e. The largest absolute Gasteiger partial charge is 0.490 e. The minimum Gasteiger partial charge on any atom is -0.490 e. The summed E-state index contributed by atoms with van der Waals surface area (Å²) in [7, 11) is 0. The maximum absolute atomic E-state index is 12.6. The summed E-state index contributed by atoms with van der Waals surface area (Å²) in [6, 6.07) is 15.2. The van der Waals surface area contributed by atoms with Crippen molar-refractivity contribution in [1.29, 1.82) is 5.41 Å². The van der Waals surface area contributed by atoms with E-state index in [-0.39, 0.29) is 11.4 Å². The molecule has 7 nitrogen and oxygen atoms in total. The number of ether oxygens (including phenoxy) is 2. The topological polar surface area (TPSA) is 87.3 Å². The SMILES string of the molecule is CCC(CC)C1=NN2C(=N)/C(=C/c3ccc(OCCOc4ccccc4C)cc3)C(=O)N=C2S1. The van der Waals surface area contributed by atoms with Crippen molar-refractivity contribution in [2.75, 3.05) is 13.2 Å². The van der Waals surface area contributed by atoms with E-state index in [1.165, 1.54) is 16.8 Å². The molecule has 2 aliphatic heterocycles. The molecule has 0 radical (unpaired) electrons. The van der Waals surface area contributed by atoms with E-state index in [0.717, 1.165) is 34.8 Å². The molecule has 2 aliphatic rings. The van der Waals surface area contributed by atoms with Gasteiger partial charge in [-0.15, -0.1) is 0 Å². The number of para-hydroxylation sites is 1. The van der Waals surface area contributed by atoms with E-state index in [0.29, 0.717) is 30.0 Å². The van der Waals surface area contributed by atoms with Crippen LogP contribution in [-0.4, -0.2) is 40.2 Å². The van der Waals surface area contributed by atoms with Crippen molar-refractivity contribution < 1.29 is 14.3 Å². The molecule has 0 saturated carbocycles. The molecule has 1 N–H and O–H groups in total. The van der Waals surface area contributed by atoms with Crippen LogP contribution in [0.4, 0.5) is 0 Å². The van der Waals surface area contributed by atoms with Crippen LogP contribution in [0.2, 0.25) is 0 Å². The standard InChI is InChI=1S/C26H28N4O3S/c1-4-19(5-2)25-29-30-23(27)21(24(31)28-26(30)34-25)16-18-10-12-20(13-11-18)32-14-15-33-22-9-7-6-8-17(22)3/h6-13,16,19,27H,4-5,14-15H2,1-3H3/b21-16-,27-23?. The Morgan fingerprint density at radius 2 is 1.76 bits per heavy atom. The predicted octanol–water partition coefficient (Wildman–Crippen LogP) is 5.51. The minimum atomic E-state index is -0.418. The van der Waals surface area contributed by atoms with Gasteiger partial charge in [0.25, 0.3) is 5.91 Å². The minimum absolute atomic E-state index is 0.0529. The second-order valence-electron chi connectivity index (χ2n) is 8.00. The highest BCUT2D eigenvalue weighted by atomic mass is 32.2. The zero-order valence-corrected chi connectivity index (χ0v) is 20.4. The van der Waals surface area contributed by atoms with Crippen LogP contribution < -0.4 is 9.47 Å². The third-order valence-corrected chi connectivity index (χ3v) is 6.77.